The first kappa shape index (κ1) is 13.8. The highest BCUT2D eigenvalue weighted by Crippen LogP contribution is 2.39. The smallest absolute Gasteiger partial charge is 0.177 e. The number of halogens is 2. The molecule has 0 radical (unpaired) electrons. The summed E-state index contributed by atoms with van der Waals surface area (Å²) in [5.41, 5.74) is 9.29. The molecule has 0 atom stereocenters. The van der Waals surface area contributed by atoms with Gasteiger partial charge in [0.25, 0.3) is 0 Å². The molecule has 5 heteroatoms. The van der Waals surface area contributed by atoms with Crippen LogP contribution in [0.1, 0.15) is 5.56 Å². The van der Waals surface area contributed by atoms with Crippen molar-refractivity contribution in [3.05, 3.63) is 58.3 Å². The molecule has 0 fully saturated rings. The van der Waals surface area contributed by atoms with Crippen LogP contribution in [0, 0.1) is 12.7 Å². The molecule has 0 amide bonds. The van der Waals surface area contributed by atoms with Crippen LogP contribution < -0.4 is 5.73 Å². The third-order valence-corrected chi connectivity index (χ3v) is 4.22. The highest BCUT2D eigenvalue weighted by atomic mass is 79.9. The lowest BCUT2D eigenvalue weighted by Gasteiger charge is -2.07. The molecule has 0 bridgehead atoms. The molecular weight excluding hydrogens is 335 g/mol. The molecule has 3 rings (SSSR count). The van der Waals surface area contributed by atoms with Gasteiger partial charge in [-0.25, -0.2) is 4.39 Å². The summed E-state index contributed by atoms with van der Waals surface area (Å²) in [7, 11) is 0. The highest BCUT2D eigenvalue weighted by Gasteiger charge is 2.19. The van der Waals surface area contributed by atoms with Crippen molar-refractivity contribution < 1.29 is 8.91 Å². The zero-order valence-electron chi connectivity index (χ0n) is 11.2. The van der Waals surface area contributed by atoms with Crippen molar-refractivity contribution in [1.82, 2.24) is 5.16 Å². The molecule has 0 unspecified atom stereocenters. The van der Waals surface area contributed by atoms with Crippen LogP contribution in [0.2, 0.25) is 0 Å². The summed E-state index contributed by atoms with van der Waals surface area (Å²) in [6, 6.07) is 11.9. The van der Waals surface area contributed by atoms with Gasteiger partial charge in [0.05, 0.1) is 5.56 Å². The van der Waals surface area contributed by atoms with Crippen molar-refractivity contribution in [2.45, 2.75) is 6.92 Å². The van der Waals surface area contributed by atoms with E-state index in [1.54, 1.807) is 12.1 Å². The summed E-state index contributed by atoms with van der Waals surface area (Å²) < 4.78 is 19.5. The van der Waals surface area contributed by atoms with E-state index in [1.165, 1.54) is 12.1 Å². The molecule has 1 aromatic heterocycles. The third-order valence-electron chi connectivity index (χ3n) is 3.36. The van der Waals surface area contributed by atoms with Crippen LogP contribution in [0.25, 0.3) is 22.5 Å². The first-order chi connectivity index (χ1) is 10.1. The van der Waals surface area contributed by atoms with Gasteiger partial charge < -0.3 is 10.3 Å². The molecule has 0 spiro atoms. The van der Waals surface area contributed by atoms with Gasteiger partial charge in [-0.05, 0) is 36.2 Å². The fraction of sp³-hybridized carbons (Fsp3) is 0.0625. The van der Waals surface area contributed by atoms with Gasteiger partial charge in [0.2, 0.25) is 0 Å². The zero-order valence-corrected chi connectivity index (χ0v) is 12.8. The Morgan fingerprint density at radius 2 is 1.86 bits per heavy atom. The third kappa shape index (κ3) is 2.45. The Kier molecular flexibility index (Phi) is 3.51. The highest BCUT2D eigenvalue weighted by molar-refractivity contribution is 9.10. The molecule has 2 N–H and O–H groups in total. The van der Waals surface area contributed by atoms with Gasteiger partial charge >= 0.3 is 0 Å². The molecule has 3 nitrogen and oxygen atoms in total. The number of hydrogen-bond acceptors (Lipinski definition) is 3. The Hall–Kier alpha value is -2.14. The summed E-state index contributed by atoms with van der Waals surface area (Å²) >= 11 is 3.50. The normalized spacial score (nSPS) is 10.8. The Labute approximate surface area is 129 Å². The van der Waals surface area contributed by atoms with Crippen molar-refractivity contribution in [1.29, 1.82) is 0 Å². The summed E-state index contributed by atoms with van der Waals surface area (Å²) in [5, 5.41) is 3.86. The van der Waals surface area contributed by atoms with E-state index in [2.05, 4.69) is 21.1 Å². The number of nitrogen functional groups attached to an aromatic ring is 1. The fourth-order valence-corrected chi connectivity index (χ4v) is 2.60. The Morgan fingerprint density at radius 1 is 1.14 bits per heavy atom. The van der Waals surface area contributed by atoms with E-state index in [4.69, 9.17) is 10.3 Å². The van der Waals surface area contributed by atoms with Crippen LogP contribution in [-0.2, 0) is 0 Å². The van der Waals surface area contributed by atoms with E-state index >= 15 is 0 Å². The molecule has 3 aromatic rings. The maximum Gasteiger partial charge on any atom is 0.177 e. The zero-order chi connectivity index (χ0) is 15.0. The van der Waals surface area contributed by atoms with Gasteiger partial charge in [-0.1, -0.05) is 45.4 Å². The average Bonchev–Trinajstić information content (AvgIpc) is 2.85. The van der Waals surface area contributed by atoms with Crippen molar-refractivity contribution in [3.8, 4) is 22.5 Å². The van der Waals surface area contributed by atoms with Gasteiger partial charge in [-0.15, -0.1) is 0 Å². The molecular formula is C16H12BrFN2O. The predicted octanol–water partition coefficient (Wildman–Crippen LogP) is 4.80. The first-order valence-electron chi connectivity index (χ1n) is 6.34. The Bertz CT molecular complexity index is 797. The second-order valence-electron chi connectivity index (χ2n) is 4.69. The summed E-state index contributed by atoms with van der Waals surface area (Å²) in [4.78, 5) is 0. The van der Waals surface area contributed by atoms with Crippen molar-refractivity contribution >= 4 is 21.7 Å². The predicted molar refractivity (Wildman–Crippen MR) is 84.2 cm³/mol. The SMILES string of the molecule is Cc1c(Br)cccc1-c1onc(N)c1-c1ccc(F)cc1. The molecule has 2 aromatic carbocycles. The van der Waals surface area contributed by atoms with Crippen LogP contribution in [0.5, 0.6) is 0 Å². The molecule has 0 aliphatic carbocycles. The van der Waals surface area contributed by atoms with Crippen LogP contribution in [0.3, 0.4) is 0 Å². The molecule has 0 aliphatic rings. The van der Waals surface area contributed by atoms with Crippen LogP contribution in [0.4, 0.5) is 10.2 Å². The number of nitrogens with two attached hydrogens (primary N) is 1. The van der Waals surface area contributed by atoms with Gasteiger partial charge in [0, 0.05) is 10.0 Å². The van der Waals surface area contributed by atoms with Crippen LogP contribution in [-0.4, -0.2) is 5.16 Å². The number of benzene rings is 2. The number of anilines is 1. The number of aromatic nitrogens is 1. The number of rotatable bonds is 2. The van der Waals surface area contributed by atoms with Gasteiger partial charge in [-0.2, -0.15) is 0 Å². The lowest BCUT2D eigenvalue weighted by molar-refractivity contribution is 0.436. The second-order valence-corrected chi connectivity index (χ2v) is 5.55. The quantitative estimate of drug-likeness (QED) is 0.724. The Balaban J connectivity index is 2.22. The van der Waals surface area contributed by atoms with Gasteiger partial charge in [-0.3, -0.25) is 0 Å². The van der Waals surface area contributed by atoms with Crippen LogP contribution in [0.15, 0.2) is 51.5 Å². The van der Waals surface area contributed by atoms with Crippen molar-refractivity contribution in [2.24, 2.45) is 0 Å². The summed E-state index contributed by atoms with van der Waals surface area (Å²) in [6.07, 6.45) is 0. The van der Waals surface area contributed by atoms with Crippen molar-refractivity contribution in [2.75, 3.05) is 5.73 Å². The van der Waals surface area contributed by atoms with E-state index in [0.717, 1.165) is 21.2 Å². The van der Waals surface area contributed by atoms with E-state index < -0.39 is 0 Å². The maximum atomic E-state index is 13.1. The maximum absolute atomic E-state index is 13.1. The lowest BCUT2D eigenvalue weighted by Crippen LogP contribution is -1.90. The monoisotopic (exact) mass is 346 g/mol. The minimum Gasteiger partial charge on any atom is -0.380 e. The summed E-state index contributed by atoms with van der Waals surface area (Å²) in [5.74, 6) is 0.572. The average molecular weight is 347 g/mol. The lowest BCUT2D eigenvalue weighted by atomic mass is 9.99. The Morgan fingerprint density at radius 3 is 2.57 bits per heavy atom. The first-order valence-corrected chi connectivity index (χ1v) is 7.14. The number of hydrogen-bond donors (Lipinski definition) is 1. The minimum atomic E-state index is -0.297. The van der Waals surface area contributed by atoms with E-state index in [-0.39, 0.29) is 11.6 Å². The largest absolute Gasteiger partial charge is 0.380 e. The standard InChI is InChI=1S/C16H12BrFN2O/c1-9-12(3-2-4-13(9)17)15-14(16(19)20-21-15)10-5-7-11(18)8-6-10/h2-8H,1H3,(H2,19,20). The molecule has 0 saturated heterocycles. The molecule has 0 saturated carbocycles. The van der Waals surface area contributed by atoms with E-state index in [1.807, 2.05) is 25.1 Å². The molecule has 1 heterocycles. The van der Waals surface area contributed by atoms with Crippen molar-refractivity contribution in [3.63, 3.8) is 0 Å². The van der Waals surface area contributed by atoms with Gasteiger partial charge in [0.1, 0.15) is 5.82 Å². The van der Waals surface area contributed by atoms with Crippen LogP contribution >= 0.6 is 15.9 Å². The molecule has 21 heavy (non-hydrogen) atoms. The topological polar surface area (TPSA) is 52.0 Å². The number of nitrogens with zero attached hydrogens (tertiary/aromatic N) is 1. The summed E-state index contributed by atoms with van der Waals surface area (Å²) in [6.45, 7) is 1.98. The molecule has 0 aliphatic heterocycles. The van der Waals surface area contributed by atoms with E-state index in [0.29, 0.717) is 11.3 Å². The van der Waals surface area contributed by atoms with E-state index in [9.17, 15) is 4.39 Å². The fourth-order valence-electron chi connectivity index (χ4n) is 2.24. The van der Waals surface area contributed by atoms with Gasteiger partial charge in [0.15, 0.2) is 11.6 Å². The minimum absolute atomic E-state index is 0.288. The second kappa shape index (κ2) is 5.33. The molecule has 106 valence electrons.